The summed E-state index contributed by atoms with van der Waals surface area (Å²) in [5, 5.41) is 3.49. The first-order valence-corrected chi connectivity index (χ1v) is 7.24. The average molecular weight is 283 g/mol. The molecule has 0 aliphatic carbocycles. The zero-order valence-electron chi connectivity index (χ0n) is 12.9. The van der Waals surface area contributed by atoms with Gasteiger partial charge in [0, 0.05) is 13.2 Å². The van der Waals surface area contributed by atoms with Gasteiger partial charge in [-0.1, -0.05) is 19.9 Å². The molecule has 1 N–H and O–H groups in total. The molecule has 20 heavy (non-hydrogen) atoms. The minimum absolute atomic E-state index is 0.131. The van der Waals surface area contributed by atoms with Crippen LogP contribution in [0.4, 0.5) is 4.39 Å². The highest BCUT2D eigenvalue weighted by molar-refractivity contribution is 5.29. The maximum Gasteiger partial charge on any atom is 0.165 e. The van der Waals surface area contributed by atoms with Gasteiger partial charge >= 0.3 is 0 Å². The molecule has 1 aromatic rings. The van der Waals surface area contributed by atoms with Gasteiger partial charge in [-0.3, -0.25) is 0 Å². The topological polar surface area (TPSA) is 30.5 Å². The van der Waals surface area contributed by atoms with Crippen LogP contribution in [-0.2, 0) is 11.2 Å². The largest absolute Gasteiger partial charge is 0.494 e. The molecule has 0 heterocycles. The lowest BCUT2D eigenvalue weighted by atomic mass is 9.99. The summed E-state index contributed by atoms with van der Waals surface area (Å²) in [6, 6.07) is 5.32. The highest BCUT2D eigenvalue weighted by Gasteiger charge is 2.19. The van der Waals surface area contributed by atoms with Crippen LogP contribution in [0.5, 0.6) is 5.75 Å². The molecule has 0 aliphatic heterocycles. The van der Waals surface area contributed by atoms with Gasteiger partial charge in [0.15, 0.2) is 11.6 Å². The molecule has 3 nitrogen and oxygen atoms in total. The van der Waals surface area contributed by atoms with Crippen molar-refractivity contribution in [3.05, 3.63) is 29.6 Å². The van der Waals surface area contributed by atoms with Crippen molar-refractivity contribution in [3.8, 4) is 5.75 Å². The van der Waals surface area contributed by atoms with Crippen molar-refractivity contribution >= 4 is 0 Å². The molecule has 0 aromatic heterocycles. The van der Waals surface area contributed by atoms with E-state index in [-0.39, 0.29) is 23.7 Å². The Balaban J connectivity index is 2.79. The molecule has 0 aliphatic rings. The van der Waals surface area contributed by atoms with Crippen LogP contribution >= 0.6 is 0 Å². The van der Waals surface area contributed by atoms with E-state index in [0.29, 0.717) is 0 Å². The molecule has 0 saturated heterocycles. The number of benzene rings is 1. The highest BCUT2D eigenvalue weighted by atomic mass is 19.1. The second-order valence-corrected chi connectivity index (χ2v) is 4.92. The van der Waals surface area contributed by atoms with Crippen LogP contribution in [0.1, 0.15) is 32.3 Å². The zero-order chi connectivity index (χ0) is 15.0. The molecule has 0 fully saturated rings. The van der Waals surface area contributed by atoms with Gasteiger partial charge in [0.25, 0.3) is 0 Å². The van der Waals surface area contributed by atoms with Gasteiger partial charge in [-0.25, -0.2) is 4.39 Å². The second kappa shape index (κ2) is 8.93. The van der Waals surface area contributed by atoms with Gasteiger partial charge in [-0.05, 0) is 43.5 Å². The average Bonchev–Trinajstić information content (AvgIpc) is 2.46. The normalized spacial score (nSPS) is 14.1. The van der Waals surface area contributed by atoms with Crippen LogP contribution in [0.25, 0.3) is 0 Å². The fourth-order valence-corrected chi connectivity index (χ4v) is 2.37. The van der Waals surface area contributed by atoms with Gasteiger partial charge in [-0.2, -0.15) is 0 Å². The Morgan fingerprint density at radius 2 is 2.00 bits per heavy atom. The molecule has 0 radical (unpaired) electrons. The van der Waals surface area contributed by atoms with Crippen molar-refractivity contribution in [2.45, 2.75) is 45.3 Å². The molecule has 0 saturated carbocycles. The smallest absolute Gasteiger partial charge is 0.165 e. The standard InChI is InChI=1S/C16H26FNO2/c1-5-9-18-14(15(6-2)19-3)11-12-7-8-16(20-4)13(17)10-12/h7-8,10,14-15,18H,5-6,9,11H2,1-4H3. The van der Waals surface area contributed by atoms with Gasteiger partial charge in [0.05, 0.1) is 13.2 Å². The molecule has 1 aromatic carbocycles. The molecule has 0 amide bonds. The van der Waals surface area contributed by atoms with Crippen LogP contribution in [0.2, 0.25) is 0 Å². The van der Waals surface area contributed by atoms with E-state index in [9.17, 15) is 4.39 Å². The minimum Gasteiger partial charge on any atom is -0.494 e. The van der Waals surface area contributed by atoms with E-state index in [1.54, 1.807) is 19.2 Å². The fraction of sp³-hybridized carbons (Fsp3) is 0.625. The van der Waals surface area contributed by atoms with Crippen molar-refractivity contribution in [3.63, 3.8) is 0 Å². The molecule has 2 unspecified atom stereocenters. The van der Waals surface area contributed by atoms with Gasteiger partial charge < -0.3 is 14.8 Å². The maximum absolute atomic E-state index is 13.7. The first-order valence-electron chi connectivity index (χ1n) is 7.24. The quantitative estimate of drug-likeness (QED) is 0.755. The number of hydrogen-bond donors (Lipinski definition) is 1. The predicted octanol–water partition coefficient (Wildman–Crippen LogP) is 3.17. The summed E-state index contributed by atoms with van der Waals surface area (Å²) in [6.45, 7) is 5.16. The first kappa shape index (κ1) is 16.9. The third-order valence-electron chi connectivity index (χ3n) is 3.48. The van der Waals surface area contributed by atoms with Gasteiger partial charge in [-0.15, -0.1) is 0 Å². The third-order valence-corrected chi connectivity index (χ3v) is 3.48. The summed E-state index contributed by atoms with van der Waals surface area (Å²) in [4.78, 5) is 0. The van der Waals surface area contributed by atoms with E-state index in [2.05, 4.69) is 19.2 Å². The lowest BCUT2D eigenvalue weighted by Crippen LogP contribution is -2.42. The SMILES string of the molecule is CCCNC(Cc1ccc(OC)c(F)c1)C(CC)OC. The molecular weight excluding hydrogens is 257 g/mol. The molecule has 0 spiro atoms. The summed E-state index contributed by atoms with van der Waals surface area (Å²) in [6.07, 6.45) is 2.86. The van der Waals surface area contributed by atoms with Crippen molar-refractivity contribution < 1.29 is 13.9 Å². The molecule has 4 heteroatoms. The number of nitrogens with one attached hydrogen (secondary N) is 1. The van der Waals surface area contributed by atoms with Crippen LogP contribution in [0.3, 0.4) is 0 Å². The van der Waals surface area contributed by atoms with Gasteiger partial charge in [0.1, 0.15) is 0 Å². The molecule has 2 atom stereocenters. The van der Waals surface area contributed by atoms with E-state index in [0.717, 1.165) is 31.4 Å². The van der Waals surface area contributed by atoms with E-state index in [4.69, 9.17) is 9.47 Å². The first-order chi connectivity index (χ1) is 9.65. The predicted molar refractivity (Wildman–Crippen MR) is 79.8 cm³/mol. The summed E-state index contributed by atoms with van der Waals surface area (Å²) in [5.41, 5.74) is 0.951. The third kappa shape index (κ3) is 4.76. The van der Waals surface area contributed by atoms with E-state index < -0.39 is 0 Å². The van der Waals surface area contributed by atoms with E-state index in [1.807, 2.05) is 6.07 Å². The number of halogens is 1. The van der Waals surface area contributed by atoms with Crippen LogP contribution in [0.15, 0.2) is 18.2 Å². The maximum atomic E-state index is 13.7. The Morgan fingerprint density at radius 1 is 1.25 bits per heavy atom. The summed E-state index contributed by atoms with van der Waals surface area (Å²) >= 11 is 0. The fourth-order valence-electron chi connectivity index (χ4n) is 2.37. The van der Waals surface area contributed by atoms with Crippen molar-refractivity contribution in [2.75, 3.05) is 20.8 Å². The molecular formula is C16H26FNO2. The Labute approximate surface area is 121 Å². The summed E-state index contributed by atoms with van der Waals surface area (Å²) < 4.78 is 24.2. The lowest BCUT2D eigenvalue weighted by Gasteiger charge is -2.26. The minimum atomic E-state index is -0.315. The number of ether oxygens (including phenoxy) is 2. The Hall–Kier alpha value is -1.13. The monoisotopic (exact) mass is 283 g/mol. The second-order valence-electron chi connectivity index (χ2n) is 4.92. The summed E-state index contributed by atoms with van der Waals surface area (Å²) in [7, 11) is 3.20. The Bertz CT molecular complexity index is 394. The highest BCUT2D eigenvalue weighted by Crippen LogP contribution is 2.19. The van der Waals surface area contributed by atoms with Gasteiger partial charge in [0.2, 0.25) is 0 Å². The molecule has 0 bridgehead atoms. The van der Waals surface area contributed by atoms with Crippen LogP contribution < -0.4 is 10.1 Å². The van der Waals surface area contributed by atoms with Crippen molar-refractivity contribution in [1.29, 1.82) is 0 Å². The van der Waals surface area contributed by atoms with Crippen LogP contribution in [-0.4, -0.2) is 32.9 Å². The Kier molecular flexibility index (Phi) is 7.55. The number of methoxy groups -OCH3 is 2. The molecule has 114 valence electrons. The number of rotatable bonds is 9. The number of hydrogen-bond acceptors (Lipinski definition) is 3. The Morgan fingerprint density at radius 3 is 2.50 bits per heavy atom. The van der Waals surface area contributed by atoms with Crippen molar-refractivity contribution in [2.24, 2.45) is 0 Å². The lowest BCUT2D eigenvalue weighted by molar-refractivity contribution is 0.0653. The molecule has 1 rings (SSSR count). The summed E-state index contributed by atoms with van der Waals surface area (Å²) in [5.74, 6) is -0.0321. The van der Waals surface area contributed by atoms with Crippen LogP contribution in [0, 0.1) is 5.82 Å². The zero-order valence-corrected chi connectivity index (χ0v) is 12.9. The van der Waals surface area contributed by atoms with Crippen molar-refractivity contribution in [1.82, 2.24) is 5.32 Å². The van der Waals surface area contributed by atoms with E-state index >= 15 is 0 Å². The van der Waals surface area contributed by atoms with E-state index in [1.165, 1.54) is 7.11 Å².